The summed E-state index contributed by atoms with van der Waals surface area (Å²) >= 11 is 5.78. The number of benzene rings is 1. The quantitative estimate of drug-likeness (QED) is 0.853. The van der Waals surface area contributed by atoms with Gasteiger partial charge in [-0.15, -0.1) is 0 Å². The third-order valence-electron chi connectivity index (χ3n) is 3.57. The van der Waals surface area contributed by atoms with Crippen molar-refractivity contribution in [2.24, 2.45) is 0 Å². The van der Waals surface area contributed by atoms with Gasteiger partial charge in [-0.1, -0.05) is 23.7 Å². The first kappa shape index (κ1) is 14.3. The minimum Gasteiger partial charge on any atom is -0.296 e. The van der Waals surface area contributed by atoms with Crippen molar-refractivity contribution < 1.29 is 4.39 Å². The minimum absolute atomic E-state index is 0.0509. The average Bonchev–Trinajstić information content (AvgIpc) is 2.44. The first-order chi connectivity index (χ1) is 9.11. The fourth-order valence-corrected chi connectivity index (χ4v) is 2.50. The molecule has 1 aromatic rings. The first-order valence-electron chi connectivity index (χ1n) is 6.40. The molecule has 102 valence electrons. The molecule has 1 heterocycles. The highest BCUT2D eigenvalue weighted by atomic mass is 35.5. The lowest BCUT2D eigenvalue weighted by molar-refractivity contribution is 0.113. The number of piperazine rings is 1. The van der Waals surface area contributed by atoms with Crippen molar-refractivity contribution in [1.29, 1.82) is 5.26 Å². The summed E-state index contributed by atoms with van der Waals surface area (Å²) in [6.45, 7) is 5.86. The molecule has 2 rings (SSSR count). The van der Waals surface area contributed by atoms with E-state index in [9.17, 15) is 4.39 Å². The Kier molecular flexibility index (Phi) is 4.76. The lowest BCUT2D eigenvalue weighted by atomic mass is 10.1. The van der Waals surface area contributed by atoms with E-state index in [1.54, 1.807) is 18.2 Å². The van der Waals surface area contributed by atoms with Crippen LogP contribution in [0.5, 0.6) is 0 Å². The van der Waals surface area contributed by atoms with Gasteiger partial charge in [0.15, 0.2) is 0 Å². The van der Waals surface area contributed by atoms with Gasteiger partial charge in [0.1, 0.15) is 5.82 Å². The van der Waals surface area contributed by atoms with E-state index in [1.165, 1.54) is 0 Å². The van der Waals surface area contributed by atoms with Crippen molar-refractivity contribution >= 4 is 11.6 Å². The van der Waals surface area contributed by atoms with Crippen LogP contribution in [0.25, 0.3) is 0 Å². The molecule has 1 aliphatic rings. The fourth-order valence-electron chi connectivity index (χ4n) is 2.30. The molecule has 0 aliphatic carbocycles. The van der Waals surface area contributed by atoms with Crippen molar-refractivity contribution in [3.63, 3.8) is 0 Å². The predicted molar refractivity (Wildman–Crippen MR) is 73.3 cm³/mol. The predicted octanol–water partition coefficient (Wildman–Crippen LogP) is 2.51. The van der Waals surface area contributed by atoms with Crippen LogP contribution in [0.3, 0.4) is 0 Å². The van der Waals surface area contributed by atoms with Crippen LogP contribution in [0, 0.1) is 17.1 Å². The molecule has 1 aliphatic heterocycles. The van der Waals surface area contributed by atoms with E-state index in [4.69, 9.17) is 16.9 Å². The Morgan fingerprint density at radius 1 is 1.37 bits per heavy atom. The van der Waals surface area contributed by atoms with Gasteiger partial charge in [0, 0.05) is 38.3 Å². The molecule has 0 radical (unpaired) electrons. The maximum Gasteiger partial charge on any atom is 0.146 e. The van der Waals surface area contributed by atoms with E-state index in [2.05, 4.69) is 15.9 Å². The van der Waals surface area contributed by atoms with E-state index in [0.29, 0.717) is 12.1 Å². The van der Waals surface area contributed by atoms with Crippen LogP contribution in [0.1, 0.15) is 12.5 Å². The summed E-state index contributed by atoms with van der Waals surface area (Å²) in [5, 5.41) is 9.06. The van der Waals surface area contributed by atoms with Crippen molar-refractivity contribution in [2.45, 2.75) is 19.5 Å². The van der Waals surface area contributed by atoms with Gasteiger partial charge in [-0.05, 0) is 13.0 Å². The smallest absolute Gasteiger partial charge is 0.146 e. The molecule has 5 heteroatoms. The monoisotopic (exact) mass is 281 g/mol. The fraction of sp³-hybridized carbons (Fsp3) is 0.500. The third kappa shape index (κ3) is 3.44. The standard InChI is InChI=1S/C14H17ClFN3/c1-11(9-17)19-7-5-18(6-8-19)10-12-3-2-4-13(15)14(12)16/h2-4,11H,5-8,10H2,1H3. The highest BCUT2D eigenvalue weighted by molar-refractivity contribution is 6.30. The molecule has 0 aromatic heterocycles. The summed E-state index contributed by atoms with van der Waals surface area (Å²) in [5.74, 6) is -0.322. The van der Waals surface area contributed by atoms with Gasteiger partial charge in [-0.2, -0.15) is 5.26 Å². The summed E-state index contributed by atoms with van der Waals surface area (Å²) in [6.07, 6.45) is 0. The number of hydrogen-bond acceptors (Lipinski definition) is 3. The zero-order valence-corrected chi connectivity index (χ0v) is 11.7. The Morgan fingerprint density at radius 2 is 2.05 bits per heavy atom. The van der Waals surface area contributed by atoms with Crippen LogP contribution in [0.15, 0.2) is 18.2 Å². The first-order valence-corrected chi connectivity index (χ1v) is 6.78. The Labute approximate surface area is 118 Å². The average molecular weight is 282 g/mol. The van der Waals surface area contributed by atoms with Gasteiger partial charge in [0.05, 0.1) is 17.1 Å². The van der Waals surface area contributed by atoms with Crippen molar-refractivity contribution in [3.05, 3.63) is 34.6 Å². The molecule has 3 nitrogen and oxygen atoms in total. The van der Waals surface area contributed by atoms with Gasteiger partial charge < -0.3 is 0 Å². The van der Waals surface area contributed by atoms with E-state index in [1.807, 2.05) is 6.92 Å². The van der Waals surface area contributed by atoms with Crippen LogP contribution in [-0.2, 0) is 6.54 Å². The zero-order valence-electron chi connectivity index (χ0n) is 10.9. The van der Waals surface area contributed by atoms with Gasteiger partial charge in [0.2, 0.25) is 0 Å². The number of rotatable bonds is 3. The van der Waals surface area contributed by atoms with Crippen LogP contribution in [-0.4, -0.2) is 42.0 Å². The number of halogens is 2. The third-order valence-corrected chi connectivity index (χ3v) is 3.86. The normalized spacial score (nSPS) is 19.1. The lowest BCUT2D eigenvalue weighted by Crippen LogP contribution is -2.48. The topological polar surface area (TPSA) is 30.3 Å². The van der Waals surface area contributed by atoms with Crippen LogP contribution < -0.4 is 0 Å². The molecule has 0 amide bonds. The van der Waals surface area contributed by atoms with E-state index in [0.717, 1.165) is 26.2 Å². The van der Waals surface area contributed by atoms with Crippen molar-refractivity contribution in [1.82, 2.24) is 9.80 Å². The van der Waals surface area contributed by atoms with E-state index >= 15 is 0 Å². The Bertz CT molecular complexity index is 478. The second kappa shape index (κ2) is 6.33. The number of nitriles is 1. The van der Waals surface area contributed by atoms with Gasteiger partial charge >= 0.3 is 0 Å². The van der Waals surface area contributed by atoms with Gasteiger partial charge in [0.25, 0.3) is 0 Å². The summed E-state index contributed by atoms with van der Waals surface area (Å²) in [5.41, 5.74) is 0.634. The Hall–Kier alpha value is -1.15. The summed E-state index contributed by atoms with van der Waals surface area (Å²) in [4.78, 5) is 4.33. The largest absolute Gasteiger partial charge is 0.296 e. The van der Waals surface area contributed by atoms with Crippen LogP contribution in [0.4, 0.5) is 4.39 Å². The summed E-state index contributed by atoms with van der Waals surface area (Å²) < 4.78 is 13.8. The van der Waals surface area contributed by atoms with Crippen molar-refractivity contribution in [3.8, 4) is 6.07 Å². The van der Waals surface area contributed by atoms with Crippen molar-refractivity contribution in [2.75, 3.05) is 26.2 Å². The van der Waals surface area contributed by atoms with Gasteiger partial charge in [-0.3, -0.25) is 9.80 Å². The maximum absolute atomic E-state index is 13.8. The second-order valence-electron chi connectivity index (χ2n) is 4.83. The molecular formula is C14H17ClFN3. The highest BCUT2D eigenvalue weighted by Crippen LogP contribution is 2.20. The van der Waals surface area contributed by atoms with Crippen LogP contribution >= 0.6 is 11.6 Å². The molecule has 1 fully saturated rings. The second-order valence-corrected chi connectivity index (χ2v) is 5.24. The van der Waals surface area contributed by atoms with Gasteiger partial charge in [-0.25, -0.2) is 4.39 Å². The highest BCUT2D eigenvalue weighted by Gasteiger charge is 2.21. The molecule has 0 spiro atoms. The Balaban J connectivity index is 1.93. The van der Waals surface area contributed by atoms with Crippen LogP contribution in [0.2, 0.25) is 5.02 Å². The molecular weight excluding hydrogens is 265 g/mol. The molecule has 0 bridgehead atoms. The molecule has 1 aromatic carbocycles. The number of nitrogens with zero attached hydrogens (tertiary/aromatic N) is 3. The molecule has 1 unspecified atom stereocenters. The minimum atomic E-state index is -0.322. The maximum atomic E-state index is 13.8. The van der Waals surface area contributed by atoms with E-state index in [-0.39, 0.29) is 16.9 Å². The van der Waals surface area contributed by atoms with E-state index < -0.39 is 0 Å². The Morgan fingerprint density at radius 3 is 2.68 bits per heavy atom. The lowest BCUT2D eigenvalue weighted by Gasteiger charge is -2.35. The molecule has 0 N–H and O–H groups in total. The molecule has 1 saturated heterocycles. The molecule has 19 heavy (non-hydrogen) atoms. The number of hydrogen-bond donors (Lipinski definition) is 0. The molecule has 1 atom stereocenters. The SMILES string of the molecule is CC(C#N)N1CCN(Cc2cccc(Cl)c2F)CC1. The summed E-state index contributed by atoms with van der Waals surface area (Å²) in [7, 11) is 0. The summed E-state index contributed by atoms with van der Waals surface area (Å²) in [6, 6.07) is 7.30. The zero-order chi connectivity index (χ0) is 13.8. The molecule has 0 saturated carbocycles.